The normalized spacial score (nSPS) is 10.4. The van der Waals surface area contributed by atoms with E-state index in [2.05, 4.69) is 42.7 Å². The number of hydrogen-bond donors (Lipinski definition) is 1. The van der Waals surface area contributed by atoms with Crippen LogP contribution in [0.2, 0.25) is 0 Å². The molecule has 1 aromatic carbocycles. The molecule has 0 saturated carbocycles. The summed E-state index contributed by atoms with van der Waals surface area (Å²) in [6.45, 7) is 4.84. The molecule has 2 rings (SSSR count). The number of thiophene rings is 1. The molecule has 100 valence electrons. The van der Waals surface area contributed by atoms with Crippen molar-refractivity contribution in [3.8, 4) is 0 Å². The van der Waals surface area contributed by atoms with Crippen molar-refractivity contribution in [3.63, 3.8) is 0 Å². The summed E-state index contributed by atoms with van der Waals surface area (Å²) in [5, 5.41) is 5.03. The molecule has 0 aliphatic carbocycles. The Labute approximate surface area is 118 Å². The number of carbonyl (C=O) groups is 1. The van der Waals surface area contributed by atoms with Gasteiger partial charge >= 0.3 is 0 Å². The van der Waals surface area contributed by atoms with Gasteiger partial charge in [-0.05, 0) is 41.5 Å². The van der Waals surface area contributed by atoms with E-state index in [0.717, 1.165) is 12.0 Å². The van der Waals surface area contributed by atoms with Crippen molar-refractivity contribution < 1.29 is 4.79 Å². The smallest absolute Gasteiger partial charge is 0.224 e. The minimum absolute atomic E-state index is 0.0806. The highest BCUT2D eigenvalue weighted by Gasteiger charge is 2.05. The van der Waals surface area contributed by atoms with Crippen LogP contribution in [0.25, 0.3) is 0 Å². The van der Waals surface area contributed by atoms with Gasteiger partial charge in [-0.1, -0.05) is 31.2 Å². The molecule has 3 heteroatoms. The van der Waals surface area contributed by atoms with Crippen LogP contribution in [0.15, 0.2) is 35.7 Å². The van der Waals surface area contributed by atoms with Crippen molar-refractivity contribution >= 4 is 17.2 Å². The van der Waals surface area contributed by atoms with E-state index in [1.165, 1.54) is 16.0 Å². The molecule has 0 bridgehead atoms. The Hall–Kier alpha value is -1.61. The maximum absolute atomic E-state index is 11.9. The summed E-state index contributed by atoms with van der Waals surface area (Å²) < 4.78 is 0. The standard InChI is InChI=1S/C16H19NOS/c1-3-13-4-6-14(7-5-13)10-16(18)17-11-15-12(2)8-9-19-15/h4-9H,3,10-11H2,1-2H3,(H,17,18). The summed E-state index contributed by atoms with van der Waals surface area (Å²) >= 11 is 1.69. The quantitative estimate of drug-likeness (QED) is 0.888. The van der Waals surface area contributed by atoms with E-state index in [0.29, 0.717) is 13.0 Å². The van der Waals surface area contributed by atoms with Gasteiger partial charge in [0.15, 0.2) is 0 Å². The van der Waals surface area contributed by atoms with Gasteiger partial charge in [0.25, 0.3) is 0 Å². The van der Waals surface area contributed by atoms with Crippen molar-refractivity contribution in [2.24, 2.45) is 0 Å². The lowest BCUT2D eigenvalue weighted by Gasteiger charge is -2.05. The molecular formula is C16H19NOS. The van der Waals surface area contributed by atoms with Gasteiger partial charge in [-0.2, -0.15) is 0 Å². The minimum Gasteiger partial charge on any atom is -0.351 e. The zero-order valence-corrected chi connectivity index (χ0v) is 12.2. The van der Waals surface area contributed by atoms with Crippen LogP contribution in [-0.2, 0) is 24.2 Å². The zero-order valence-electron chi connectivity index (χ0n) is 11.4. The molecule has 0 aliphatic rings. The van der Waals surface area contributed by atoms with Gasteiger partial charge in [0.05, 0.1) is 13.0 Å². The van der Waals surface area contributed by atoms with E-state index in [-0.39, 0.29) is 5.91 Å². The van der Waals surface area contributed by atoms with Crippen molar-refractivity contribution in [3.05, 3.63) is 57.3 Å². The molecule has 2 nitrogen and oxygen atoms in total. The Morgan fingerprint density at radius 2 is 1.84 bits per heavy atom. The molecule has 1 aromatic heterocycles. The van der Waals surface area contributed by atoms with Gasteiger partial charge in [0.1, 0.15) is 0 Å². The topological polar surface area (TPSA) is 29.1 Å². The molecule has 0 saturated heterocycles. The molecule has 0 atom stereocenters. The summed E-state index contributed by atoms with van der Waals surface area (Å²) in [7, 11) is 0. The van der Waals surface area contributed by atoms with Gasteiger partial charge in [-0.3, -0.25) is 4.79 Å². The molecule has 0 spiro atoms. The molecule has 1 heterocycles. The van der Waals surface area contributed by atoms with E-state index < -0.39 is 0 Å². The van der Waals surface area contributed by atoms with E-state index >= 15 is 0 Å². The second kappa shape index (κ2) is 6.53. The molecule has 0 radical (unpaired) electrons. The van der Waals surface area contributed by atoms with E-state index in [4.69, 9.17) is 0 Å². The lowest BCUT2D eigenvalue weighted by molar-refractivity contribution is -0.120. The molecule has 0 aliphatic heterocycles. The first-order chi connectivity index (χ1) is 9.19. The van der Waals surface area contributed by atoms with Gasteiger partial charge < -0.3 is 5.32 Å². The Bertz CT molecular complexity index is 542. The molecule has 1 amide bonds. The van der Waals surface area contributed by atoms with Crippen molar-refractivity contribution in [1.82, 2.24) is 5.32 Å². The number of hydrogen-bond acceptors (Lipinski definition) is 2. The average molecular weight is 273 g/mol. The lowest BCUT2D eigenvalue weighted by Crippen LogP contribution is -2.24. The number of benzene rings is 1. The van der Waals surface area contributed by atoms with E-state index in [1.54, 1.807) is 11.3 Å². The second-order valence-corrected chi connectivity index (χ2v) is 5.65. The summed E-state index contributed by atoms with van der Waals surface area (Å²) in [5.74, 6) is 0.0806. The lowest BCUT2D eigenvalue weighted by atomic mass is 10.1. The molecule has 1 N–H and O–H groups in total. The van der Waals surface area contributed by atoms with Crippen LogP contribution >= 0.6 is 11.3 Å². The van der Waals surface area contributed by atoms with Gasteiger partial charge in [0, 0.05) is 4.88 Å². The Kier molecular flexibility index (Phi) is 4.74. The van der Waals surface area contributed by atoms with Crippen LogP contribution in [0.4, 0.5) is 0 Å². The number of amides is 1. The average Bonchev–Trinajstić information content (AvgIpc) is 2.83. The van der Waals surface area contributed by atoms with Crippen LogP contribution in [0.1, 0.15) is 28.5 Å². The van der Waals surface area contributed by atoms with E-state index in [9.17, 15) is 4.79 Å². The molecule has 19 heavy (non-hydrogen) atoms. The fourth-order valence-electron chi connectivity index (χ4n) is 1.90. The largest absolute Gasteiger partial charge is 0.351 e. The molecule has 0 unspecified atom stereocenters. The SMILES string of the molecule is CCc1ccc(CC(=O)NCc2sccc2C)cc1. The number of carbonyl (C=O) groups excluding carboxylic acids is 1. The van der Waals surface area contributed by atoms with Crippen LogP contribution in [-0.4, -0.2) is 5.91 Å². The fraction of sp³-hybridized carbons (Fsp3) is 0.312. The summed E-state index contributed by atoms with van der Waals surface area (Å²) in [6.07, 6.45) is 1.48. The highest BCUT2D eigenvalue weighted by atomic mass is 32.1. The van der Waals surface area contributed by atoms with Crippen molar-refractivity contribution in [1.29, 1.82) is 0 Å². The summed E-state index contributed by atoms with van der Waals surface area (Å²) in [5.41, 5.74) is 3.62. The number of aryl methyl sites for hydroxylation is 2. The maximum Gasteiger partial charge on any atom is 0.224 e. The first-order valence-electron chi connectivity index (χ1n) is 6.56. The van der Waals surface area contributed by atoms with Crippen LogP contribution < -0.4 is 5.32 Å². The highest BCUT2D eigenvalue weighted by Crippen LogP contribution is 2.14. The third kappa shape index (κ3) is 3.93. The van der Waals surface area contributed by atoms with E-state index in [1.807, 2.05) is 12.1 Å². The second-order valence-electron chi connectivity index (χ2n) is 4.65. The molecule has 0 fully saturated rings. The number of nitrogens with one attached hydrogen (secondary N) is 1. The predicted molar refractivity (Wildman–Crippen MR) is 80.4 cm³/mol. The van der Waals surface area contributed by atoms with Crippen molar-refractivity contribution in [2.45, 2.75) is 33.2 Å². The third-order valence-electron chi connectivity index (χ3n) is 3.21. The Balaban J connectivity index is 1.85. The number of rotatable bonds is 5. The van der Waals surface area contributed by atoms with Crippen LogP contribution in [0, 0.1) is 6.92 Å². The predicted octanol–water partition coefficient (Wildman–Crippen LogP) is 3.48. The van der Waals surface area contributed by atoms with Gasteiger partial charge in [-0.25, -0.2) is 0 Å². The third-order valence-corrected chi connectivity index (χ3v) is 4.23. The van der Waals surface area contributed by atoms with Gasteiger partial charge in [0.2, 0.25) is 5.91 Å². The summed E-state index contributed by atoms with van der Waals surface area (Å²) in [6, 6.07) is 10.3. The van der Waals surface area contributed by atoms with Crippen LogP contribution in [0.5, 0.6) is 0 Å². The molecular weight excluding hydrogens is 254 g/mol. The highest BCUT2D eigenvalue weighted by molar-refractivity contribution is 7.10. The fourth-order valence-corrected chi connectivity index (χ4v) is 2.75. The molecule has 2 aromatic rings. The first kappa shape index (κ1) is 13.8. The maximum atomic E-state index is 11.9. The minimum atomic E-state index is 0.0806. The summed E-state index contributed by atoms with van der Waals surface area (Å²) in [4.78, 5) is 13.1. The first-order valence-corrected chi connectivity index (χ1v) is 7.44. The monoisotopic (exact) mass is 273 g/mol. The van der Waals surface area contributed by atoms with Crippen LogP contribution in [0.3, 0.4) is 0 Å². The van der Waals surface area contributed by atoms with Crippen molar-refractivity contribution in [2.75, 3.05) is 0 Å². The Morgan fingerprint density at radius 3 is 2.42 bits per heavy atom. The zero-order chi connectivity index (χ0) is 13.7. The Morgan fingerprint density at radius 1 is 1.16 bits per heavy atom. The van der Waals surface area contributed by atoms with Gasteiger partial charge in [-0.15, -0.1) is 11.3 Å².